The van der Waals surface area contributed by atoms with Gasteiger partial charge in [-0.25, -0.2) is 4.68 Å². The molecule has 1 N–H and O–H groups in total. The number of fused-ring (bicyclic) bond motifs is 1. The first-order valence-electron chi connectivity index (χ1n) is 14.3. The van der Waals surface area contributed by atoms with Gasteiger partial charge >= 0.3 is 6.18 Å². The molecule has 0 aliphatic carbocycles. The Bertz CT molecular complexity index is 1790. The van der Waals surface area contributed by atoms with Crippen LogP contribution in [0, 0.1) is 13.8 Å². The van der Waals surface area contributed by atoms with Crippen molar-refractivity contribution in [3.8, 4) is 0 Å². The van der Waals surface area contributed by atoms with E-state index in [1.54, 1.807) is 10.7 Å². The van der Waals surface area contributed by atoms with Gasteiger partial charge in [-0.1, -0.05) is 48.0 Å². The van der Waals surface area contributed by atoms with E-state index in [1.807, 2.05) is 67.3 Å². The van der Waals surface area contributed by atoms with Crippen LogP contribution in [0.25, 0.3) is 10.9 Å². The molecule has 8 nitrogen and oxygen atoms in total. The second-order valence-electron chi connectivity index (χ2n) is 11.1. The number of tetrazole rings is 1. The van der Waals surface area contributed by atoms with Crippen molar-refractivity contribution >= 4 is 16.6 Å². The van der Waals surface area contributed by atoms with Crippen LogP contribution in [-0.2, 0) is 19.1 Å². The molecular formula is C32H32F3N7O. The highest BCUT2D eigenvalue weighted by Crippen LogP contribution is 2.33. The third kappa shape index (κ3) is 6.03. The molecule has 1 aliphatic rings. The van der Waals surface area contributed by atoms with E-state index >= 15 is 0 Å². The van der Waals surface area contributed by atoms with Crippen molar-refractivity contribution < 1.29 is 13.2 Å². The number of benzene rings is 3. The van der Waals surface area contributed by atoms with Gasteiger partial charge in [0, 0.05) is 44.0 Å². The van der Waals surface area contributed by atoms with E-state index in [1.165, 1.54) is 12.1 Å². The van der Waals surface area contributed by atoms with Crippen molar-refractivity contribution in [1.29, 1.82) is 0 Å². The standard InChI is InChI=1S/C32H32F3N7O/c1-21-17-22(2)28-24(18-21)19-27(31(43)36-28)29(30-37-38-39-42(30)12-11-23-7-4-3-5-8-23)41-15-13-40(14-16-41)26-10-6-9-25(20-26)32(33,34)35/h3-10,17-20,29H,11-16H2,1-2H3,(H,36,43). The molecule has 0 radical (unpaired) electrons. The van der Waals surface area contributed by atoms with Crippen LogP contribution in [0.15, 0.2) is 77.6 Å². The van der Waals surface area contributed by atoms with Crippen LogP contribution in [0.4, 0.5) is 18.9 Å². The number of aryl methyl sites for hydroxylation is 4. The average molecular weight is 588 g/mol. The van der Waals surface area contributed by atoms with Crippen molar-refractivity contribution in [3.05, 3.63) is 117 Å². The summed E-state index contributed by atoms with van der Waals surface area (Å²) in [5.74, 6) is 0.553. The Morgan fingerprint density at radius 2 is 1.70 bits per heavy atom. The van der Waals surface area contributed by atoms with E-state index < -0.39 is 17.8 Å². The normalized spacial score (nSPS) is 15.2. The maximum absolute atomic E-state index is 13.7. The van der Waals surface area contributed by atoms with Gasteiger partial charge in [0.1, 0.15) is 6.04 Å². The highest BCUT2D eigenvalue weighted by Gasteiger charge is 2.34. The highest BCUT2D eigenvalue weighted by atomic mass is 19.4. The summed E-state index contributed by atoms with van der Waals surface area (Å²) < 4.78 is 41.9. The van der Waals surface area contributed by atoms with E-state index in [9.17, 15) is 18.0 Å². The number of anilines is 1. The van der Waals surface area contributed by atoms with Gasteiger partial charge in [0.25, 0.3) is 5.56 Å². The molecule has 5 aromatic rings. The van der Waals surface area contributed by atoms with Crippen LogP contribution in [-0.4, -0.2) is 56.3 Å². The molecule has 0 bridgehead atoms. The summed E-state index contributed by atoms with van der Waals surface area (Å²) in [6.45, 7) is 6.47. The van der Waals surface area contributed by atoms with Gasteiger partial charge in [-0.05, 0) is 77.5 Å². The predicted octanol–water partition coefficient (Wildman–Crippen LogP) is 5.30. The summed E-state index contributed by atoms with van der Waals surface area (Å²) in [6.07, 6.45) is -3.70. The number of aromatic nitrogens is 5. The minimum atomic E-state index is -4.41. The zero-order chi connectivity index (χ0) is 30.1. The molecule has 222 valence electrons. The molecule has 0 saturated carbocycles. The summed E-state index contributed by atoms with van der Waals surface area (Å²) in [4.78, 5) is 20.9. The number of rotatable bonds is 7. The number of piperazine rings is 1. The van der Waals surface area contributed by atoms with Crippen molar-refractivity contribution in [2.45, 2.75) is 39.0 Å². The summed E-state index contributed by atoms with van der Waals surface area (Å²) in [5.41, 5.74) is 4.16. The molecule has 3 heterocycles. The van der Waals surface area contributed by atoms with Gasteiger partial charge in [0.05, 0.1) is 11.1 Å². The molecule has 43 heavy (non-hydrogen) atoms. The third-order valence-electron chi connectivity index (χ3n) is 8.09. The summed E-state index contributed by atoms with van der Waals surface area (Å²) in [5, 5.41) is 13.6. The van der Waals surface area contributed by atoms with Crippen LogP contribution < -0.4 is 10.5 Å². The monoisotopic (exact) mass is 587 g/mol. The smallest absolute Gasteiger partial charge is 0.369 e. The number of pyridine rings is 1. The van der Waals surface area contributed by atoms with E-state index in [0.717, 1.165) is 33.7 Å². The number of nitrogens with one attached hydrogen (secondary N) is 1. The quantitative estimate of drug-likeness (QED) is 0.278. The van der Waals surface area contributed by atoms with Crippen molar-refractivity contribution in [3.63, 3.8) is 0 Å². The molecule has 2 aromatic heterocycles. The van der Waals surface area contributed by atoms with Crippen molar-refractivity contribution in [2.24, 2.45) is 0 Å². The SMILES string of the molecule is Cc1cc(C)c2[nH]c(=O)c(C(c3nnnn3CCc3ccccc3)N3CCN(c4cccc(C(F)(F)F)c4)CC3)cc2c1. The number of halogens is 3. The maximum Gasteiger partial charge on any atom is 0.416 e. The Morgan fingerprint density at radius 1 is 0.930 bits per heavy atom. The summed E-state index contributed by atoms with van der Waals surface area (Å²) in [7, 11) is 0. The Hall–Kier alpha value is -4.51. The number of hydrogen-bond donors (Lipinski definition) is 1. The second-order valence-corrected chi connectivity index (χ2v) is 11.1. The second kappa shape index (κ2) is 11.6. The zero-order valence-electron chi connectivity index (χ0n) is 24.0. The number of aromatic amines is 1. The van der Waals surface area contributed by atoms with Gasteiger partial charge in [0.15, 0.2) is 5.82 Å². The van der Waals surface area contributed by atoms with E-state index in [4.69, 9.17) is 0 Å². The predicted molar refractivity (Wildman–Crippen MR) is 159 cm³/mol. The minimum absolute atomic E-state index is 0.220. The van der Waals surface area contributed by atoms with Crippen molar-refractivity contribution in [2.75, 3.05) is 31.1 Å². The topological polar surface area (TPSA) is 82.9 Å². The summed E-state index contributed by atoms with van der Waals surface area (Å²) in [6, 6.07) is 20.9. The molecule has 3 aromatic carbocycles. The largest absolute Gasteiger partial charge is 0.416 e. The van der Waals surface area contributed by atoms with Gasteiger partial charge in [-0.15, -0.1) is 5.10 Å². The first kappa shape index (κ1) is 28.6. The molecule has 1 aliphatic heterocycles. The van der Waals surface area contributed by atoms with Gasteiger partial charge in [-0.3, -0.25) is 9.69 Å². The lowest BCUT2D eigenvalue weighted by Crippen LogP contribution is -2.49. The van der Waals surface area contributed by atoms with Crippen molar-refractivity contribution in [1.82, 2.24) is 30.1 Å². The molecule has 6 rings (SSSR count). The summed E-state index contributed by atoms with van der Waals surface area (Å²) >= 11 is 0. The Labute approximate surface area is 246 Å². The number of hydrogen-bond acceptors (Lipinski definition) is 6. The Morgan fingerprint density at radius 3 is 2.44 bits per heavy atom. The van der Waals surface area contributed by atoms with Crippen LogP contribution in [0.2, 0.25) is 0 Å². The number of nitrogens with zero attached hydrogens (tertiary/aromatic N) is 6. The molecule has 0 amide bonds. The first-order valence-corrected chi connectivity index (χ1v) is 14.3. The third-order valence-corrected chi connectivity index (χ3v) is 8.09. The van der Waals surface area contributed by atoms with E-state index in [-0.39, 0.29) is 5.56 Å². The van der Waals surface area contributed by atoms with Crippen LogP contribution >= 0.6 is 0 Å². The molecule has 11 heteroatoms. The number of H-pyrrole nitrogens is 1. The van der Waals surface area contributed by atoms with Gasteiger partial charge in [0.2, 0.25) is 0 Å². The molecule has 1 atom stereocenters. The lowest BCUT2D eigenvalue weighted by molar-refractivity contribution is -0.137. The van der Waals surface area contributed by atoms with Crippen LogP contribution in [0.1, 0.15) is 39.7 Å². The zero-order valence-corrected chi connectivity index (χ0v) is 24.0. The van der Waals surface area contributed by atoms with E-state index in [2.05, 4.69) is 25.4 Å². The van der Waals surface area contributed by atoms with E-state index in [0.29, 0.717) is 56.2 Å². The fourth-order valence-corrected chi connectivity index (χ4v) is 5.97. The average Bonchev–Trinajstić information content (AvgIpc) is 3.45. The van der Waals surface area contributed by atoms with Gasteiger partial charge < -0.3 is 9.88 Å². The number of alkyl halides is 3. The fourth-order valence-electron chi connectivity index (χ4n) is 5.97. The maximum atomic E-state index is 13.7. The minimum Gasteiger partial charge on any atom is -0.369 e. The van der Waals surface area contributed by atoms with Crippen LogP contribution in [0.5, 0.6) is 0 Å². The lowest BCUT2D eigenvalue weighted by Gasteiger charge is -2.39. The molecule has 1 fully saturated rings. The molecule has 0 spiro atoms. The Balaban J connectivity index is 1.35. The lowest BCUT2D eigenvalue weighted by atomic mass is 10.00. The van der Waals surface area contributed by atoms with Crippen LogP contribution in [0.3, 0.4) is 0 Å². The Kier molecular flexibility index (Phi) is 7.74. The molecular weight excluding hydrogens is 555 g/mol. The van der Waals surface area contributed by atoms with Gasteiger partial charge in [-0.2, -0.15) is 13.2 Å². The fraction of sp³-hybridized carbons (Fsp3) is 0.312. The molecule has 1 saturated heterocycles. The highest BCUT2D eigenvalue weighted by molar-refractivity contribution is 5.83. The first-order chi connectivity index (χ1) is 20.7. The molecule has 1 unspecified atom stereocenters.